The van der Waals surface area contributed by atoms with Crippen molar-refractivity contribution in [3.63, 3.8) is 0 Å². The van der Waals surface area contributed by atoms with Gasteiger partial charge in [-0.3, -0.25) is 0 Å². The van der Waals surface area contributed by atoms with Crippen molar-refractivity contribution in [2.75, 3.05) is 27.3 Å². The first-order valence-electron chi connectivity index (χ1n) is 10.8. The molecule has 1 aromatic rings. The van der Waals surface area contributed by atoms with Crippen molar-refractivity contribution in [2.45, 2.75) is 81.1 Å². The number of fused-ring (bicyclic) bond motifs is 1. The third-order valence-corrected chi connectivity index (χ3v) is 7.84. The van der Waals surface area contributed by atoms with Crippen LogP contribution in [0.3, 0.4) is 0 Å². The van der Waals surface area contributed by atoms with Gasteiger partial charge in [0.05, 0.1) is 24.4 Å². The minimum atomic E-state index is -0.913. The normalized spacial score (nSPS) is 37.5. The molecule has 2 aliphatic carbocycles. The Kier molecular flexibility index (Phi) is 5.13. The predicted molar refractivity (Wildman–Crippen MR) is 111 cm³/mol. The minimum absolute atomic E-state index is 0.0264. The second-order valence-corrected chi connectivity index (χ2v) is 9.72. The highest BCUT2D eigenvalue weighted by Crippen LogP contribution is 2.62. The van der Waals surface area contributed by atoms with Gasteiger partial charge in [0, 0.05) is 23.6 Å². The number of ether oxygens (including phenoxy) is 2. The van der Waals surface area contributed by atoms with Crippen LogP contribution in [-0.4, -0.2) is 70.9 Å². The largest absolute Gasteiger partial charge is 0.504 e. The Bertz CT molecular complexity index is 783. The summed E-state index contributed by atoms with van der Waals surface area (Å²) >= 11 is 0. The molecule has 0 radical (unpaired) electrons. The number of nitrogens with zero attached hydrogens (tertiary/aromatic N) is 1. The molecule has 2 bridgehead atoms. The highest BCUT2D eigenvalue weighted by molar-refractivity contribution is 5.58. The molecule has 6 nitrogen and oxygen atoms in total. The van der Waals surface area contributed by atoms with Crippen molar-refractivity contribution < 1.29 is 24.8 Å². The van der Waals surface area contributed by atoms with Crippen LogP contribution in [0, 0.1) is 0 Å². The molecule has 1 aliphatic heterocycles. The topological polar surface area (TPSA) is 82.4 Å². The van der Waals surface area contributed by atoms with E-state index in [-0.39, 0.29) is 11.8 Å². The van der Waals surface area contributed by atoms with E-state index >= 15 is 0 Å². The van der Waals surface area contributed by atoms with E-state index in [1.54, 1.807) is 14.0 Å². The maximum Gasteiger partial charge on any atom is 0.161 e. The number of likely N-dealkylation sites (N-methyl/N-ethyl adjacent to an activating group) is 1. The minimum Gasteiger partial charge on any atom is -0.504 e. The summed E-state index contributed by atoms with van der Waals surface area (Å²) in [5, 5.41) is 32.9. The van der Waals surface area contributed by atoms with Crippen molar-refractivity contribution >= 4 is 0 Å². The summed E-state index contributed by atoms with van der Waals surface area (Å²) < 4.78 is 11.7. The first-order chi connectivity index (χ1) is 13.7. The number of phenols is 1. The van der Waals surface area contributed by atoms with Crippen molar-refractivity contribution in [3.8, 4) is 11.5 Å². The van der Waals surface area contributed by atoms with Crippen LogP contribution in [0.15, 0.2) is 12.1 Å². The Balaban J connectivity index is 1.80. The lowest BCUT2D eigenvalue weighted by atomic mass is 9.47. The zero-order chi connectivity index (χ0) is 21.0. The first kappa shape index (κ1) is 20.9. The van der Waals surface area contributed by atoms with Gasteiger partial charge in [-0.15, -0.1) is 0 Å². The van der Waals surface area contributed by atoms with Crippen LogP contribution in [0.4, 0.5) is 0 Å². The molecule has 6 heteroatoms. The highest BCUT2D eigenvalue weighted by atomic mass is 16.5. The third-order valence-electron chi connectivity index (χ3n) is 7.84. The number of piperidine rings is 1. The molecule has 3 unspecified atom stereocenters. The first-order valence-corrected chi connectivity index (χ1v) is 10.8. The fourth-order valence-electron chi connectivity index (χ4n) is 6.30. The van der Waals surface area contributed by atoms with Gasteiger partial charge in [0.15, 0.2) is 11.5 Å². The summed E-state index contributed by atoms with van der Waals surface area (Å²) in [7, 11) is 3.66. The maximum atomic E-state index is 12.1. The second kappa shape index (κ2) is 7.12. The zero-order valence-corrected chi connectivity index (χ0v) is 18.1. The zero-order valence-electron chi connectivity index (χ0n) is 18.1. The molecule has 0 spiro atoms. The van der Waals surface area contributed by atoms with E-state index in [4.69, 9.17) is 9.47 Å². The van der Waals surface area contributed by atoms with Crippen molar-refractivity contribution in [2.24, 2.45) is 0 Å². The average Bonchev–Trinajstić information content (AvgIpc) is 2.65. The Morgan fingerprint density at radius 1 is 1.28 bits per heavy atom. The molecular formula is C23H35NO5. The van der Waals surface area contributed by atoms with Gasteiger partial charge < -0.3 is 29.7 Å². The fourth-order valence-corrected chi connectivity index (χ4v) is 6.30. The fraction of sp³-hybridized carbons (Fsp3) is 0.739. The smallest absolute Gasteiger partial charge is 0.161 e. The molecular weight excluding hydrogens is 370 g/mol. The van der Waals surface area contributed by atoms with Crippen LogP contribution in [-0.2, 0) is 16.6 Å². The van der Waals surface area contributed by atoms with E-state index < -0.39 is 22.7 Å². The van der Waals surface area contributed by atoms with Crippen LogP contribution in [0.5, 0.6) is 11.5 Å². The number of aliphatic hydroxyl groups excluding tert-OH is 1. The Morgan fingerprint density at radius 2 is 2.03 bits per heavy atom. The van der Waals surface area contributed by atoms with Crippen LogP contribution < -0.4 is 4.74 Å². The van der Waals surface area contributed by atoms with Crippen molar-refractivity contribution in [1.29, 1.82) is 0 Å². The lowest BCUT2D eigenvalue weighted by Crippen LogP contribution is -2.74. The summed E-state index contributed by atoms with van der Waals surface area (Å²) in [5.41, 5.74) is 0.0516. The molecule has 0 aromatic heterocycles. The number of hydrogen-bond acceptors (Lipinski definition) is 6. The summed E-state index contributed by atoms with van der Waals surface area (Å²) in [6.07, 6.45) is 3.72. The second-order valence-electron chi connectivity index (χ2n) is 9.72. The number of phenolic OH excluding ortho intramolecular Hbond substituents is 1. The van der Waals surface area contributed by atoms with Crippen LogP contribution >= 0.6 is 0 Å². The van der Waals surface area contributed by atoms with Gasteiger partial charge in [0.1, 0.15) is 0 Å². The van der Waals surface area contributed by atoms with Gasteiger partial charge in [0.25, 0.3) is 0 Å². The Labute approximate surface area is 173 Å². The molecule has 0 amide bonds. The van der Waals surface area contributed by atoms with Gasteiger partial charge in [-0.1, -0.05) is 6.07 Å². The standard InChI is InChI=1S/C23H35NO5/c1-15(25)7-12-29-21(2)8-9-23(27)18-13-16-5-6-17(28-4)20(26)19(16)22(23,14-21)10-11-24(18)3/h5-6,15,18,25-27H,7-14H2,1-4H3/t15?,18-,21?,22-,23?/m1/s1. The van der Waals surface area contributed by atoms with E-state index in [0.29, 0.717) is 31.6 Å². The molecule has 29 heavy (non-hydrogen) atoms. The molecule has 3 aliphatic rings. The predicted octanol–water partition coefficient (Wildman–Crippen LogP) is 2.36. The monoisotopic (exact) mass is 405 g/mol. The van der Waals surface area contributed by atoms with Crippen molar-refractivity contribution in [1.82, 2.24) is 4.90 Å². The number of aliphatic hydroxyl groups is 2. The van der Waals surface area contributed by atoms with E-state index in [0.717, 1.165) is 36.9 Å². The van der Waals surface area contributed by atoms with Gasteiger partial charge in [-0.25, -0.2) is 0 Å². The highest BCUT2D eigenvalue weighted by Gasteiger charge is 2.67. The summed E-state index contributed by atoms with van der Waals surface area (Å²) in [5.74, 6) is 0.625. The molecule has 1 heterocycles. The molecule has 1 saturated carbocycles. The summed E-state index contributed by atoms with van der Waals surface area (Å²) in [4.78, 5) is 2.28. The molecule has 5 atom stereocenters. The number of aromatic hydroxyl groups is 1. The van der Waals surface area contributed by atoms with Crippen molar-refractivity contribution in [3.05, 3.63) is 23.3 Å². The molecule has 4 rings (SSSR count). The van der Waals surface area contributed by atoms with Crippen LogP contribution in [0.1, 0.15) is 57.1 Å². The number of rotatable bonds is 5. The number of likely N-dealkylation sites (tertiary alicyclic amines) is 1. The lowest BCUT2D eigenvalue weighted by molar-refractivity contribution is -0.206. The van der Waals surface area contributed by atoms with Gasteiger partial charge in [-0.2, -0.15) is 0 Å². The van der Waals surface area contributed by atoms with Gasteiger partial charge in [-0.05, 0) is 77.6 Å². The van der Waals surface area contributed by atoms with E-state index in [9.17, 15) is 15.3 Å². The molecule has 1 saturated heterocycles. The summed E-state index contributed by atoms with van der Waals surface area (Å²) in [6, 6.07) is 3.90. The molecule has 2 fully saturated rings. The van der Waals surface area contributed by atoms with Gasteiger partial charge in [0.2, 0.25) is 0 Å². The third kappa shape index (κ3) is 3.07. The summed E-state index contributed by atoms with van der Waals surface area (Å²) in [6.45, 7) is 5.24. The SMILES string of the molecule is COc1ccc2c(c1O)[C@]13CCN(C)[C@H](C2)C1(O)CCC(C)(OCCC(C)O)C3. The quantitative estimate of drug-likeness (QED) is 0.698. The number of hydrogen-bond donors (Lipinski definition) is 3. The number of methoxy groups -OCH3 is 1. The van der Waals surface area contributed by atoms with Crippen LogP contribution in [0.2, 0.25) is 0 Å². The number of benzene rings is 1. The van der Waals surface area contributed by atoms with E-state index in [1.807, 2.05) is 12.1 Å². The average molecular weight is 406 g/mol. The lowest BCUT2D eigenvalue weighted by Gasteiger charge is -2.65. The molecule has 3 N–H and O–H groups in total. The van der Waals surface area contributed by atoms with Gasteiger partial charge >= 0.3 is 0 Å². The van der Waals surface area contributed by atoms with Crippen LogP contribution in [0.25, 0.3) is 0 Å². The Hall–Kier alpha value is -1.34. The molecule has 162 valence electrons. The maximum absolute atomic E-state index is 12.1. The van der Waals surface area contributed by atoms with E-state index in [1.165, 1.54) is 0 Å². The molecule has 1 aromatic carbocycles. The van der Waals surface area contributed by atoms with E-state index in [2.05, 4.69) is 18.9 Å². The Morgan fingerprint density at radius 3 is 2.72 bits per heavy atom.